The molecule has 0 amide bonds. The summed E-state index contributed by atoms with van der Waals surface area (Å²) < 4.78 is 1.01. The number of halogens is 1. The molecule has 16 heavy (non-hydrogen) atoms. The van der Waals surface area contributed by atoms with Gasteiger partial charge in [-0.2, -0.15) is 0 Å². The largest absolute Gasteiger partial charge is 0.398 e. The number of nitrogens with zero attached hydrogens (tertiary/aromatic N) is 1. The number of rotatable bonds is 2. The molecule has 0 saturated heterocycles. The highest BCUT2D eigenvalue weighted by Gasteiger charge is 2.18. The molecule has 2 rings (SSSR count). The molecule has 1 aliphatic carbocycles. The Bertz CT molecular complexity index is 359. The van der Waals surface area contributed by atoms with Crippen molar-refractivity contribution >= 4 is 34.1 Å². The normalized spacial score (nSPS) is 25.4. The Kier molecular flexibility index (Phi) is 3.89. The van der Waals surface area contributed by atoms with Gasteiger partial charge in [-0.25, -0.2) is 4.98 Å². The van der Waals surface area contributed by atoms with Crippen LogP contribution in [0.25, 0.3) is 0 Å². The van der Waals surface area contributed by atoms with E-state index >= 15 is 0 Å². The first-order chi connectivity index (χ1) is 7.65. The van der Waals surface area contributed by atoms with Gasteiger partial charge in [0.05, 0.1) is 9.26 Å². The number of pyridine rings is 1. The van der Waals surface area contributed by atoms with E-state index in [-0.39, 0.29) is 0 Å². The first-order valence-electron chi connectivity index (χ1n) is 5.82. The molecule has 0 aliphatic heterocycles. The summed E-state index contributed by atoms with van der Waals surface area (Å²) in [4.78, 5) is 4.35. The van der Waals surface area contributed by atoms with Crippen LogP contribution in [-0.4, -0.2) is 11.0 Å². The van der Waals surface area contributed by atoms with Crippen LogP contribution in [0.2, 0.25) is 0 Å². The third-order valence-corrected chi connectivity index (χ3v) is 4.15. The van der Waals surface area contributed by atoms with E-state index in [2.05, 4.69) is 39.8 Å². The molecular weight excluding hydrogens is 313 g/mol. The summed E-state index contributed by atoms with van der Waals surface area (Å²) in [6.07, 6.45) is 6.95. The van der Waals surface area contributed by atoms with Crippen molar-refractivity contribution in [3.63, 3.8) is 0 Å². The zero-order valence-corrected chi connectivity index (χ0v) is 11.7. The van der Waals surface area contributed by atoms with Crippen molar-refractivity contribution in [2.24, 2.45) is 5.92 Å². The van der Waals surface area contributed by atoms with Crippen LogP contribution >= 0.6 is 22.6 Å². The Labute approximate surface area is 110 Å². The highest BCUT2D eigenvalue weighted by Crippen LogP contribution is 2.26. The average Bonchev–Trinajstić information content (AvgIpc) is 2.27. The van der Waals surface area contributed by atoms with Crippen LogP contribution in [0.1, 0.15) is 32.6 Å². The topological polar surface area (TPSA) is 50.9 Å². The summed E-state index contributed by atoms with van der Waals surface area (Å²) in [7, 11) is 0. The minimum atomic E-state index is 0.572. The third-order valence-electron chi connectivity index (χ3n) is 3.25. The monoisotopic (exact) mass is 331 g/mol. The lowest BCUT2D eigenvalue weighted by atomic mass is 9.87. The zero-order chi connectivity index (χ0) is 11.5. The van der Waals surface area contributed by atoms with Crippen LogP contribution in [0.3, 0.4) is 0 Å². The fourth-order valence-electron chi connectivity index (χ4n) is 2.15. The first kappa shape index (κ1) is 12.0. The fraction of sp³-hybridized carbons (Fsp3) is 0.583. The number of nitrogens with one attached hydrogen (secondary N) is 1. The van der Waals surface area contributed by atoms with Crippen LogP contribution < -0.4 is 11.1 Å². The molecule has 1 saturated carbocycles. The summed E-state index contributed by atoms with van der Waals surface area (Å²) >= 11 is 2.20. The second-order valence-electron chi connectivity index (χ2n) is 4.69. The Hall–Kier alpha value is -0.520. The predicted octanol–water partition coefficient (Wildman–Crippen LogP) is 3.26. The van der Waals surface area contributed by atoms with E-state index in [9.17, 15) is 0 Å². The molecule has 88 valence electrons. The molecule has 0 atom stereocenters. The molecule has 1 fully saturated rings. The second-order valence-corrected chi connectivity index (χ2v) is 5.85. The Morgan fingerprint density at radius 2 is 2.06 bits per heavy atom. The van der Waals surface area contributed by atoms with Crippen molar-refractivity contribution in [2.75, 3.05) is 11.1 Å². The Morgan fingerprint density at radius 1 is 1.38 bits per heavy atom. The number of anilines is 2. The van der Waals surface area contributed by atoms with E-state index in [0.717, 1.165) is 21.0 Å². The Balaban J connectivity index is 1.96. The van der Waals surface area contributed by atoms with Crippen molar-refractivity contribution in [3.05, 3.63) is 15.8 Å². The predicted molar refractivity (Wildman–Crippen MR) is 76.4 cm³/mol. The minimum Gasteiger partial charge on any atom is -0.398 e. The molecule has 0 radical (unpaired) electrons. The summed E-state index contributed by atoms with van der Waals surface area (Å²) in [6.45, 7) is 2.33. The van der Waals surface area contributed by atoms with Crippen molar-refractivity contribution in [2.45, 2.75) is 38.6 Å². The van der Waals surface area contributed by atoms with Gasteiger partial charge in [0.1, 0.15) is 5.82 Å². The molecule has 0 spiro atoms. The van der Waals surface area contributed by atoms with E-state index in [1.165, 1.54) is 25.7 Å². The molecule has 1 aliphatic rings. The van der Waals surface area contributed by atoms with Crippen molar-refractivity contribution < 1.29 is 0 Å². The summed E-state index contributed by atoms with van der Waals surface area (Å²) in [5, 5.41) is 3.48. The lowest BCUT2D eigenvalue weighted by molar-refractivity contribution is 0.361. The third kappa shape index (κ3) is 2.99. The van der Waals surface area contributed by atoms with Crippen LogP contribution in [0.15, 0.2) is 12.3 Å². The van der Waals surface area contributed by atoms with E-state index < -0.39 is 0 Å². The lowest BCUT2D eigenvalue weighted by Crippen LogP contribution is -2.25. The lowest BCUT2D eigenvalue weighted by Gasteiger charge is -2.27. The molecule has 4 heteroatoms. The summed E-state index contributed by atoms with van der Waals surface area (Å²) in [5.74, 6) is 1.80. The summed E-state index contributed by atoms with van der Waals surface area (Å²) in [6, 6.07) is 2.50. The van der Waals surface area contributed by atoms with Crippen LogP contribution in [0.5, 0.6) is 0 Å². The number of nitrogens with two attached hydrogens (primary N) is 1. The van der Waals surface area contributed by atoms with E-state index in [1.807, 2.05) is 12.3 Å². The molecule has 1 heterocycles. The first-order valence-corrected chi connectivity index (χ1v) is 6.90. The number of nitrogen functional groups attached to an aromatic ring is 1. The zero-order valence-electron chi connectivity index (χ0n) is 9.54. The number of hydrogen-bond acceptors (Lipinski definition) is 3. The fourth-order valence-corrected chi connectivity index (χ4v) is 2.44. The van der Waals surface area contributed by atoms with Gasteiger partial charge in [0.25, 0.3) is 0 Å². The van der Waals surface area contributed by atoms with Gasteiger partial charge in [0, 0.05) is 18.3 Å². The SMILES string of the molecule is C[C@H]1CC[C@H](Nc2cc(N)c(I)cn2)CC1. The average molecular weight is 331 g/mol. The maximum atomic E-state index is 5.86. The molecule has 1 aromatic rings. The molecule has 0 bridgehead atoms. The maximum absolute atomic E-state index is 5.86. The quantitative estimate of drug-likeness (QED) is 0.818. The molecule has 3 N–H and O–H groups in total. The van der Waals surface area contributed by atoms with E-state index in [4.69, 9.17) is 5.73 Å². The molecule has 0 unspecified atom stereocenters. The Morgan fingerprint density at radius 3 is 2.69 bits per heavy atom. The van der Waals surface area contributed by atoms with Crippen molar-refractivity contribution in [1.82, 2.24) is 4.98 Å². The van der Waals surface area contributed by atoms with Gasteiger partial charge in [-0.15, -0.1) is 0 Å². The van der Waals surface area contributed by atoms with Crippen molar-refractivity contribution in [1.29, 1.82) is 0 Å². The standard InChI is InChI=1S/C12H18IN3/c1-8-2-4-9(5-3-8)16-12-6-11(14)10(13)7-15-12/h6-9H,2-5H2,1H3,(H3,14,15,16)/t8-,9-. The van der Waals surface area contributed by atoms with Gasteiger partial charge in [0.15, 0.2) is 0 Å². The second kappa shape index (κ2) is 5.21. The van der Waals surface area contributed by atoms with E-state index in [0.29, 0.717) is 6.04 Å². The van der Waals surface area contributed by atoms with Crippen LogP contribution in [0, 0.1) is 9.49 Å². The molecule has 0 aromatic carbocycles. The molecular formula is C12H18IN3. The highest BCUT2D eigenvalue weighted by molar-refractivity contribution is 14.1. The smallest absolute Gasteiger partial charge is 0.128 e. The summed E-state index contributed by atoms with van der Waals surface area (Å²) in [5.41, 5.74) is 6.67. The van der Waals surface area contributed by atoms with Gasteiger partial charge >= 0.3 is 0 Å². The van der Waals surface area contributed by atoms with Gasteiger partial charge in [-0.3, -0.25) is 0 Å². The molecule has 1 aromatic heterocycles. The van der Waals surface area contributed by atoms with Gasteiger partial charge < -0.3 is 11.1 Å². The van der Waals surface area contributed by atoms with Gasteiger partial charge in [-0.05, 0) is 54.2 Å². The maximum Gasteiger partial charge on any atom is 0.128 e. The molecule has 3 nitrogen and oxygen atoms in total. The number of hydrogen-bond donors (Lipinski definition) is 2. The van der Waals surface area contributed by atoms with Crippen molar-refractivity contribution in [3.8, 4) is 0 Å². The van der Waals surface area contributed by atoms with Gasteiger partial charge in [0.2, 0.25) is 0 Å². The van der Waals surface area contributed by atoms with Gasteiger partial charge in [-0.1, -0.05) is 6.92 Å². The van der Waals surface area contributed by atoms with E-state index in [1.54, 1.807) is 0 Å². The highest BCUT2D eigenvalue weighted by atomic mass is 127. The van der Waals surface area contributed by atoms with Crippen LogP contribution in [0.4, 0.5) is 11.5 Å². The minimum absolute atomic E-state index is 0.572. The van der Waals surface area contributed by atoms with Crippen LogP contribution in [-0.2, 0) is 0 Å². The number of aromatic nitrogens is 1.